The number of hydrogen-bond acceptors (Lipinski definition) is 6. The van der Waals surface area contributed by atoms with Gasteiger partial charge in [-0.05, 0) is 49.9 Å². The molecule has 1 spiro atoms. The van der Waals surface area contributed by atoms with Crippen molar-refractivity contribution in [2.75, 3.05) is 18.4 Å². The maximum Gasteiger partial charge on any atom is 0.202 e. The van der Waals surface area contributed by atoms with E-state index >= 15 is 0 Å². The zero-order valence-corrected chi connectivity index (χ0v) is 17.7. The summed E-state index contributed by atoms with van der Waals surface area (Å²) < 4.78 is 6.31. The normalized spacial score (nSPS) is 31.0. The van der Waals surface area contributed by atoms with Crippen LogP contribution in [0.2, 0.25) is 5.02 Å². The standard InChI is InChI=1S/C23H28ClN3O3/c24-16-5-6-18-19(9-12-26-20(18)15-16)27-14-13-25-17-7-10-23(11-8-17)28-21-3-1-2-4-22(21)29-30-23/h1,3,5-6,9,12,15,17,21-22,25H,2,4,7-8,10-11,13-14H2,(H,26,27). The number of nitrogens with zero attached hydrogens (tertiary/aromatic N) is 1. The average molecular weight is 430 g/mol. The Bertz CT molecular complexity index is 914. The van der Waals surface area contributed by atoms with Crippen LogP contribution in [0.3, 0.4) is 0 Å². The van der Waals surface area contributed by atoms with Gasteiger partial charge in [-0.1, -0.05) is 23.8 Å². The van der Waals surface area contributed by atoms with Crippen LogP contribution in [0.5, 0.6) is 0 Å². The van der Waals surface area contributed by atoms with E-state index in [-0.39, 0.29) is 12.2 Å². The van der Waals surface area contributed by atoms with Gasteiger partial charge >= 0.3 is 0 Å². The van der Waals surface area contributed by atoms with E-state index in [1.165, 1.54) is 0 Å². The Balaban J connectivity index is 1.08. The quantitative estimate of drug-likeness (QED) is 0.411. The Labute approximate surface area is 181 Å². The molecule has 3 aliphatic rings. The lowest BCUT2D eigenvalue weighted by atomic mass is 9.89. The van der Waals surface area contributed by atoms with Gasteiger partial charge in [0.15, 0.2) is 0 Å². The van der Waals surface area contributed by atoms with Gasteiger partial charge in [0.2, 0.25) is 5.79 Å². The lowest BCUT2D eigenvalue weighted by molar-refractivity contribution is -0.503. The van der Waals surface area contributed by atoms with Crippen LogP contribution in [0.25, 0.3) is 10.9 Å². The molecular formula is C23H28ClN3O3. The minimum absolute atomic E-state index is 0.0336. The Morgan fingerprint density at radius 3 is 2.93 bits per heavy atom. The van der Waals surface area contributed by atoms with Crippen LogP contribution in [-0.4, -0.2) is 42.1 Å². The average Bonchev–Trinajstić information content (AvgIpc) is 2.78. The predicted molar refractivity (Wildman–Crippen MR) is 117 cm³/mol. The topological polar surface area (TPSA) is 64.6 Å². The van der Waals surface area contributed by atoms with Gasteiger partial charge in [-0.3, -0.25) is 4.98 Å². The number of pyridine rings is 1. The van der Waals surface area contributed by atoms with Crippen molar-refractivity contribution in [3.8, 4) is 0 Å². The highest BCUT2D eigenvalue weighted by Crippen LogP contribution is 2.40. The fraction of sp³-hybridized carbons (Fsp3) is 0.522. The Hall–Kier alpha value is -1.70. The molecule has 2 aromatic rings. The van der Waals surface area contributed by atoms with Crippen LogP contribution in [0.4, 0.5) is 5.69 Å². The molecule has 1 aliphatic heterocycles. The number of hydrogen-bond donors (Lipinski definition) is 2. The molecule has 2 aliphatic carbocycles. The van der Waals surface area contributed by atoms with Gasteiger partial charge in [0.05, 0.1) is 5.52 Å². The van der Waals surface area contributed by atoms with Crippen LogP contribution in [0.1, 0.15) is 38.5 Å². The van der Waals surface area contributed by atoms with Crippen LogP contribution in [-0.2, 0) is 14.5 Å². The summed E-state index contributed by atoms with van der Waals surface area (Å²) >= 11 is 6.07. The molecule has 2 N–H and O–H groups in total. The Kier molecular flexibility index (Phi) is 5.94. The van der Waals surface area contributed by atoms with Gasteiger partial charge in [-0.25, -0.2) is 9.78 Å². The first-order chi connectivity index (χ1) is 14.7. The molecule has 2 fully saturated rings. The number of allylic oxidation sites excluding steroid dienone is 1. The molecule has 30 heavy (non-hydrogen) atoms. The summed E-state index contributed by atoms with van der Waals surface area (Å²) in [5.74, 6) is -0.573. The van der Waals surface area contributed by atoms with Crippen molar-refractivity contribution < 1.29 is 14.5 Å². The van der Waals surface area contributed by atoms with E-state index in [0.29, 0.717) is 11.1 Å². The van der Waals surface area contributed by atoms with Crippen molar-refractivity contribution in [1.29, 1.82) is 0 Å². The fourth-order valence-electron chi connectivity index (χ4n) is 4.63. The minimum atomic E-state index is -0.573. The van der Waals surface area contributed by atoms with Crippen molar-refractivity contribution in [2.24, 2.45) is 0 Å². The van der Waals surface area contributed by atoms with Gasteiger partial charge < -0.3 is 15.4 Å². The van der Waals surface area contributed by atoms with E-state index in [1.54, 1.807) is 0 Å². The molecule has 2 heterocycles. The number of anilines is 1. The van der Waals surface area contributed by atoms with E-state index in [1.807, 2.05) is 30.5 Å². The number of aromatic nitrogens is 1. The molecule has 2 atom stereocenters. The van der Waals surface area contributed by atoms with Crippen molar-refractivity contribution >= 4 is 28.2 Å². The van der Waals surface area contributed by atoms with E-state index in [4.69, 9.17) is 26.1 Å². The first-order valence-electron chi connectivity index (χ1n) is 10.9. The molecule has 1 aromatic carbocycles. The summed E-state index contributed by atoms with van der Waals surface area (Å²) in [6.07, 6.45) is 11.9. The van der Waals surface area contributed by atoms with Crippen LogP contribution in [0, 0.1) is 0 Å². The smallest absolute Gasteiger partial charge is 0.202 e. The second-order valence-electron chi connectivity index (χ2n) is 8.39. The molecule has 6 nitrogen and oxygen atoms in total. The summed E-state index contributed by atoms with van der Waals surface area (Å²) in [4.78, 5) is 15.8. The first-order valence-corrected chi connectivity index (χ1v) is 11.3. The van der Waals surface area contributed by atoms with Crippen LogP contribution >= 0.6 is 11.6 Å². The lowest BCUT2D eigenvalue weighted by Crippen LogP contribution is -2.53. The van der Waals surface area contributed by atoms with Gasteiger partial charge in [0.1, 0.15) is 12.2 Å². The van der Waals surface area contributed by atoms with Crippen molar-refractivity contribution in [3.05, 3.63) is 47.6 Å². The third-order valence-electron chi connectivity index (χ3n) is 6.31. The van der Waals surface area contributed by atoms with Crippen molar-refractivity contribution in [3.63, 3.8) is 0 Å². The first kappa shape index (κ1) is 20.2. The highest BCUT2D eigenvalue weighted by atomic mass is 35.5. The van der Waals surface area contributed by atoms with E-state index in [2.05, 4.69) is 27.8 Å². The molecule has 5 rings (SSSR count). The number of benzene rings is 1. The third-order valence-corrected chi connectivity index (χ3v) is 6.55. The molecule has 0 bridgehead atoms. The summed E-state index contributed by atoms with van der Waals surface area (Å²) in [7, 11) is 0. The highest BCUT2D eigenvalue weighted by Gasteiger charge is 2.46. The second kappa shape index (κ2) is 8.81. The fourth-order valence-corrected chi connectivity index (χ4v) is 4.79. The SMILES string of the molecule is Clc1ccc2c(NCCNC3CCC4(CC3)OOC3CCC=CC3O4)ccnc2c1. The largest absolute Gasteiger partial charge is 0.383 e. The van der Waals surface area contributed by atoms with E-state index in [9.17, 15) is 0 Å². The van der Waals surface area contributed by atoms with Crippen LogP contribution < -0.4 is 10.6 Å². The summed E-state index contributed by atoms with van der Waals surface area (Å²) in [5, 5.41) is 8.96. The predicted octanol–water partition coefficient (Wildman–Crippen LogP) is 4.59. The molecule has 0 amide bonds. The molecule has 1 saturated heterocycles. The molecular weight excluding hydrogens is 402 g/mol. The molecule has 0 radical (unpaired) electrons. The number of halogens is 1. The molecule has 160 valence electrons. The Morgan fingerprint density at radius 1 is 1.13 bits per heavy atom. The van der Waals surface area contributed by atoms with E-state index < -0.39 is 5.79 Å². The molecule has 1 aromatic heterocycles. The van der Waals surface area contributed by atoms with Gasteiger partial charge in [-0.2, -0.15) is 0 Å². The summed E-state index contributed by atoms with van der Waals surface area (Å²) in [5.41, 5.74) is 1.99. The van der Waals surface area contributed by atoms with Gasteiger partial charge in [0, 0.05) is 54.3 Å². The summed E-state index contributed by atoms with van der Waals surface area (Å²) in [6, 6.07) is 8.28. The number of rotatable bonds is 5. The second-order valence-corrected chi connectivity index (χ2v) is 8.83. The zero-order valence-electron chi connectivity index (χ0n) is 17.0. The monoisotopic (exact) mass is 429 g/mol. The molecule has 2 unspecified atom stereocenters. The Morgan fingerprint density at radius 2 is 2.03 bits per heavy atom. The van der Waals surface area contributed by atoms with Crippen molar-refractivity contribution in [1.82, 2.24) is 10.3 Å². The molecule has 1 saturated carbocycles. The van der Waals surface area contributed by atoms with E-state index in [0.717, 1.165) is 68.2 Å². The van der Waals surface area contributed by atoms with Gasteiger partial charge in [0.25, 0.3) is 0 Å². The third kappa shape index (κ3) is 4.34. The van der Waals surface area contributed by atoms with Gasteiger partial charge in [-0.15, -0.1) is 0 Å². The van der Waals surface area contributed by atoms with Crippen molar-refractivity contribution in [2.45, 2.75) is 62.6 Å². The number of ether oxygens (including phenoxy) is 1. The summed E-state index contributed by atoms with van der Waals surface area (Å²) in [6.45, 7) is 1.73. The lowest BCUT2D eigenvalue weighted by Gasteiger charge is -2.46. The number of nitrogens with one attached hydrogen (secondary N) is 2. The number of fused-ring (bicyclic) bond motifs is 2. The van der Waals surface area contributed by atoms with Crippen LogP contribution in [0.15, 0.2) is 42.6 Å². The molecule has 7 heteroatoms. The highest BCUT2D eigenvalue weighted by molar-refractivity contribution is 6.31. The minimum Gasteiger partial charge on any atom is -0.383 e. The maximum atomic E-state index is 6.31. The zero-order chi connectivity index (χ0) is 20.4. The maximum absolute atomic E-state index is 6.31.